The van der Waals surface area contributed by atoms with E-state index in [1.165, 1.54) is 0 Å². The van der Waals surface area contributed by atoms with Crippen LogP contribution < -0.4 is 15.4 Å². The van der Waals surface area contributed by atoms with E-state index in [1.54, 1.807) is 0 Å². The summed E-state index contributed by atoms with van der Waals surface area (Å²) in [5, 5.41) is 6.88. The van der Waals surface area contributed by atoms with Crippen LogP contribution in [0.15, 0.2) is 48.5 Å². The molecule has 0 unspecified atom stereocenters. The minimum Gasteiger partial charge on any atom is -0.484 e. The van der Waals surface area contributed by atoms with Gasteiger partial charge < -0.3 is 15.4 Å². The molecule has 0 fully saturated rings. The Morgan fingerprint density at radius 1 is 1.12 bits per heavy atom. The van der Waals surface area contributed by atoms with Crippen molar-refractivity contribution in [2.75, 3.05) is 19.0 Å². The fraction of sp³-hybridized carbons (Fsp3) is 0.250. The Balaban J connectivity index is 1.86. The predicted octanol–water partition coefficient (Wildman–Crippen LogP) is 3.24. The molecule has 0 aliphatic carbocycles. The van der Waals surface area contributed by atoms with E-state index in [0.29, 0.717) is 11.6 Å². The first kappa shape index (κ1) is 17.7. The molecule has 26 heavy (non-hydrogen) atoms. The molecule has 6 nitrogen and oxygen atoms in total. The first-order valence-corrected chi connectivity index (χ1v) is 8.54. The monoisotopic (exact) mass is 350 g/mol. The molecule has 0 saturated carbocycles. The summed E-state index contributed by atoms with van der Waals surface area (Å²) in [4.78, 5) is 21.0. The number of hydrogen-bond donors (Lipinski definition) is 2. The average molecular weight is 350 g/mol. The fourth-order valence-electron chi connectivity index (χ4n) is 2.63. The number of carbonyl (C=O) groups excluding carboxylic acids is 1. The Morgan fingerprint density at radius 3 is 2.69 bits per heavy atom. The van der Waals surface area contributed by atoms with Crippen molar-refractivity contribution >= 4 is 22.6 Å². The van der Waals surface area contributed by atoms with Crippen LogP contribution in [-0.4, -0.2) is 35.6 Å². The number of rotatable bonds is 6. The van der Waals surface area contributed by atoms with Gasteiger partial charge >= 0.3 is 0 Å². The molecule has 2 aromatic carbocycles. The van der Waals surface area contributed by atoms with E-state index in [2.05, 4.69) is 20.6 Å². The van der Waals surface area contributed by atoms with Crippen molar-refractivity contribution in [3.8, 4) is 17.1 Å². The minimum absolute atomic E-state index is 0.0258. The first-order chi connectivity index (χ1) is 12.6. The van der Waals surface area contributed by atoms with Gasteiger partial charge in [-0.3, -0.25) is 4.79 Å². The van der Waals surface area contributed by atoms with Gasteiger partial charge in [0.1, 0.15) is 11.6 Å². The summed E-state index contributed by atoms with van der Waals surface area (Å²) < 4.78 is 5.59. The highest BCUT2D eigenvalue weighted by Crippen LogP contribution is 2.26. The zero-order valence-electron chi connectivity index (χ0n) is 15.1. The molecule has 2 N–H and O–H groups in total. The van der Waals surface area contributed by atoms with Gasteiger partial charge in [0.2, 0.25) is 0 Å². The maximum absolute atomic E-state index is 11.7. The second-order valence-electron chi connectivity index (χ2n) is 6.20. The number of amides is 1. The second kappa shape index (κ2) is 7.82. The summed E-state index contributed by atoms with van der Waals surface area (Å²) >= 11 is 0. The molecule has 6 heteroatoms. The van der Waals surface area contributed by atoms with E-state index in [1.807, 2.05) is 69.4 Å². The van der Waals surface area contributed by atoms with Crippen LogP contribution in [0.3, 0.4) is 0 Å². The van der Waals surface area contributed by atoms with E-state index in [0.717, 1.165) is 22.3 Å². The minimum atomic E-state index is -0.148. The van der Waals surface area contributed by atoms with Crippen LogP contribution in [0, 0.1) is 0 Å². The zero-order valence-corrected chi connectivity index (χ0v) is 15.1. The SMILES string of the molecule is CNc1nc(-c2cccc(OCC(=O)NC(C)C)c2)nc2ccccc12. The van der Waals surface area contributed by atoms with Crippen molar-refractivity contribution < 1.29 is 9.53 Å². The smallest absolute Gasteiger partial charge is 0.258 e. The van der Waals surface area contributed by atoms with Gasteiger partial charge in [-0.05, 0) is 38.1 Å². The van der Waals surface area contributed by atoms with E-state index < -0.39 is 0 Å². The van der Waals surface area contributed by atoms with Crippen molar-refractivity contribution in [2.45, 2.75) is 19.9 Å². The molecular weight excluding hydrogens is 328 g/mol. The van der Waals surface area contributed by atoms with Crippen molar-refractivity contribution in [1.82, 2.24) is 15.3 Å². The number of fused-ring (bicyclic) bond motifs is 1. The summed E-state index contributed by atoms with van der Waals surface area (Å²) in [7, 11) is 1.84. The summed E-state index contributed by atoms with van der Waals surface area (Å²) in [5.41, 5.74) is 1.69. The summed E-state index contributed by atoms with van der Waals surface area (Å²) in [6.45, 7) is 3.80. The van der Waals surface area contributed by atoms with E-state index in [4.69, 9.17) is 4.74 Å². The Morgan fingerprint density at radius 2 is 1.92 bits per heavy atom. The highest BCUT2D eigenvalue weighted by molar-refractivity contribution is 5.90. The lowest BCUT2D eigenvalue weighted by atomic mass is 10.1. The third-order valence-electron chi connectivity index (χ3n) is 3.75. The summed E-state index contributed by atoms with van der Waals surface area (Å²) in [6.07, 6.45) is 0. The topological polar surface area (TPSA) is 76.1 Å². The average Bonchev–Trinajstić information content (AvgIpc) is 2.65. The molecule has 3 aromatic rings. The quantitative estimate of drug-likeness (QED) is 0.714. The molecule has 134 valence electrons. The molecule has 0 atom stereocenters. The Labute approximate surface area is 152 Å². The molecule has 0 radical (unpaired) electrons. The molecule has 0 bridgehead atoms. The number of nitrogens with zero attached hydrogens (tertiary/aromatic N) is 2. The normalized spacial score (nSPS) is 10.8. The molecule has 1 amide bonds. The molecule has 0 aliphatic heterocycles. The number of anilines is 1. The number of hydrogen-bond acceptors (Lipinski definition) is 5. The number of nitrogens with one attached hydrogen (secondary N) is 2. The highest BCUT2D eigenvalue weighted by Gasteiger charge is 2.10. The van der Waals surface area contributed by atoms with E-state index >= 15 is 0 Å². The van der Waals surface area contributed by atoms with Crippen LogP contribution in [0.1, 0.15) is 13.8 Å². The van der Waals surface area contributed by atoms with Gasteiger partial charge in [0, 0.05) is 24.0 Å². The molecule has 0 aliphatic rings. The van der Waals surface area contributed by atoms with Gasteiger partial charge in [0.05, 0.1) is 5.52 Å². The van der Waals surface area contributed by atoms with E-state index in [9.17, 15) is 4.79 Å². The molecule has 3 rings (SSSR count). The molecule has 0 spiro atoms. The number of carbonyl (C=O) groups is 1. The predicted molar refractivity (Wildman–Crippen MR) is 103 cm³/mol. The third-order valence-corrected chi connectivity index (χ3v) is 3.75. The van der Waals surface area contributed by atoms with Crippen molar-refractivity contribution in [3.05, 3.63) is 48.5 Å². The molecular formula is C20H22N4O2. The summed E-state index contributed by atoms with van der Waals surface area (Å²) in [6, 6.07) is 15.4. The molecule has 0 saturated heterocycles. The standard InChI is InChI=1S/C20H22N4O2/c1-13(2)22-18(25)12-26-15-8-6-7-14(11-15)19-23-17-10-5-4-9-16(17)20(21-3)24-19/h4-11,13H,12H2,1-3H3,(H,22,25)(H,21,23,24). The maximum atomic E-state index is 11.7. The lowest BCUT2D eigenvalue weighted by Gasteiger charge is -2.11. The van der Waals surface area contributed by atoms with Crippen LogP contribution in [0.4, 0.5) is 5.82 Å². The Hall–Kier alpha value is -3.15. The maximum Gasteiger partial charge on any atom is 0.258 e. The van der Waals surface area contributed by atoms with Crippen LogP contribution >= 0.6 is 0 Å². The lowest BCUT2D eigenvalue weighted by molar-refractivity contribution is -0.123. The largest absolute Gasteiger partial charge is 0.484 e. The highest BCUT2D eigenvalue weighted by atomic mass is 16.5. The van der Waals surface area contributed by atoms with Gasteiger partial charge in [-0.25, -0.2) is 9.97 Å². The lowest BCUT2D eigenvalue weighted by Crippen LogP contribution is -2.34. The molecule has 1 heterocycles. The van der Waals surface area contributed by atoms with Crippen LogP contribution in [0.5, 0.6) is 5.75 Å². The zero-order chi connectivity index (χ0) is 18.5. The summed E-state index contributed by atoms with van der Waals surface area (Å²) in [5.74, 6) is 1.83. The molecule has 1 aromatic heterocycles. The number of aromatic nitrogens is 2. The fourth-order valence-corrected chi connectivity index (χ4v) is 2.63. The van der Waals surface area contributed by atoms with Gasteiger partial charge in [0.25, 0.3) is 5.91 Å². The van der Waals surface area contributed by atoms with Crippen LogP contribution in [-0.2, 0) is 4.79 Å². The third kappa shape index (κ3) is 4.08. The van der Waals surface area contributed by atoms with Gasteiger partial charge in [-0.15, -0.1) is 0 Å². The Bertz CT molecular complexity index is 925. The van der Waals surface area contributed by atoms with Gasteiger partial charge in [0.15, 0.2) is 12.4 Å². The van der Waals surface area contributed by atoms with Gasteiger partial charge in [-0.2, -0.15) is 0 Å². The number of para-hydroxylation sites is 1. The second-order valence-corrected chi connectivity index (χ2v) is 6.20. The first-order valence-electron chi connectivity index (χ1n) is 8.54. The Kier molecular flexibility index (Phi) is 5.31. The van der Waals surface area contributed by atoms with Crippen molar-refractivity contribution in [3.63, 3.8) is 0 Å². The van der Waals surface area contributed by atoms with Crippen molar-refractivity contribution in [1.29, 1.82) is 0 Å². The van der Waals surface area contributed by atoms with E-state index in [-0.39, 0.29) is 18.6 Å². The van der Waals surface area contributed by atoms with Crippen LogP contribution in [0.2, 0.25) is 0 Å². The van der Waals surface area contributed by atoms with Gasteiger partial charge in [-0.1, -0.05) is 24.3 Å². The van der Waals surface area contributed by atoms with Crippen molar-refractivity contribution in [2.24, 2.45) is 0 Å². The number of benzene rings is 2. The van der Waals surface area contributed by atoms with Crippen LogP contribution in [0.25, 0.3) is 22.3 Å². The number of ether oxygens (including phenoxy) is 1.